The molecule has 1 amide bonds. The molecule has 2 aliphatic heterocycles. The van der Waals surface area contributed by atoms with E-state index in [1.165, 1.54) is 0 Å². The molecule has 80 valence electrons. The van der Waals surface area contributed by atoms with Gasteiger partial charge in [0, 0.05) is 19.1 Å². The van der Waals surface area contributed by atoms with Gasteiger partial charge in [-0.1, -0.05) is 0 Å². The van der Waals surface area contributed by atoms with E-state index in [1.54, 1.807) is 6.92 Å². The highest BCUT2D eigenvalue weighted by atomic mass is 19.4. The molecule has 0 spiro atoms. The van der Waals surface area contributed by atoms with Gasteiger partial charge in [0.1, 0.15) is 0 Å². The molecule has 0 aromatic carbocycles. The molecule has 0 saturated carbocycles. The van der Waals surface area contributed by atoms with Crippen LogP contribution in [-0.4, -0.2) is 41.7 Å². The quantitative estimate of drug-likeness (QED) is 0.629. The second kappa shape index (κ2) is 2.62. The summed E-state index contributed by atoms with van der Waals surface area (Å²) in [6.07, 6.45) is -4.12. The Kier molecular flexibility index (Phi) is 1.83. The zero-order valence-corrected chi connectivity index (χ0v) is 7.69. The number of amides is 1. The summed E-state index contributed by atoms with van der Waals surface area (Å²) in [6, 6.07) is 0.0336. The molecule has 3 nitrogen and oxygen atoms in total. The number of nitrogens with one attached hydrogen (secondary N) is 1. The summed E-state index contributed by atoms with van der Waals surface area (Å²) in [5.41, 5.74) is -0.642. The topological polar surface area (TPSA) is 32.3 Å². The Balaban J connectivity index is 2.18. The van der Waals surface area contributed by atoms with Crippen molar-refractivity contribution in [2.45, 2.75) is 31.1 Å². The molecular weight excluding hydrogens is 197 g/mol. The van der Waals surface area contributed by atoms with Crippen LogP contribution in [0.2, 0.25) is 0 Å². The third-order valence-corrected chi connectivity index (χ3v) is 3.00. The van der Waals surface area contributed by atoms with Crippen LogP contribution < -0.4 is 5.32 Å². The number of rotatable bonds is 0. The number of piperazine rings is 1. The number of likely N-dealkylation sites (tertiary alicyclic amines) is 1. The Hall–Kier alpha value is -0.780. The minimum absolute atomic E-state index is 0.0336. The van der Waals surface area contributed by atoms with Crippen LogP contribution in [0.15, 0.2) is 0 Å². The van der Waals surface area contributed by atoms with Crippen molar-refractivity contribution in [1.82, 2.24) is 10.2 Å². The lowest BCUT2D eigenvalue weighted by molar-refractivity contribution is -0.189. The summed E-state index contributed by atoms with van der Waals surface area (Å²) in [6.45, 7) is 2.32. The maximum atomic E-state index is 12.2. The van der Waals surface area contributed by atoms with Crippen molar-refractivity contribution >= 4 is 5.91 Å². The first kappa shape index (κ1) is 9.76. The number of carbonyl (C=O) groups is 1. The highest BCUT2D eigenvalue weighted by Crippen LogP contribution is 2.36. The number of halogens is 3. The number of nitrogens with zero attached hydrogens (tertiary/aromatic N) is 1. The maximum absolute atomic E-state index is 12.2. The summed E-state index contributed by atoms with van der Waals surface area (Å²) in [5.74, 6) is -1.70. The fraction of sp³-hybridized carbons (Fsp3) is 0.875. The average molecular weight is 208 g/mol. The van der Waals surface area contributed by atoms with E-state index in [-0.39, 0.29) is 12.6 Å². The molecule has 14 heavy (non-hydrogen) atoms. The van der Waals surface area contributed by atoms with Crippen molar-refractivity contribution in [3.05, 3.63) is 0 Å². The lowest BCUT2D eigenvalue weighted by atomic mass is 10.0. The van der Waals surface area contributed by atoms with Crippen molar-refractivity contribution in [3.8, 4) is 0 Å². The largest absolute Gasteiger partial charge is 0.471 e. The van der Waals surface area contributed by atoms with Crippen LogP contribution in [0, 0.1) is 0 Å². The zero-order valence-electron chi connectivity index (χ0n) is 7.69. The minimum atomic E-state index is -4.74. The van der Waals surface area contributed by atoms with E-state index in [9.17, 15) is 18.0 Å². The van der Waals surface area contributed by atoms with Gasteiger partial charge in [-0.2, -0.15) is 13.2 Å². The van der Waals surface area contributed by atoms with Crippen LogP contribution in [0.1, 0.15) is 13.3 Å². The van der Waals surface area contributed by atoms with E-state index in [1.807, 2.05) is 0 Å². The SMILES string of the molecule is C[C@@]12CNC(CN1C(=O)C(F)(F)F)C2. The van der Waals surface area contributed by atoms with Crippen LogP contribution in [0.3, 0.4) is 0 Å². The number of hydrogen-bond donors (Lipinski definition) is 1. The van der Waals surface area contributed by atoms with E-state index in [4.69, 9.17) is 0 Å². The minimum Gasteiger partial charge on any atom is -0.327 e. The molecule has 1 N–H and O–H groups in total. The van der Waals surface area contributed by atoms with Gasteiger partial charge in [0.2, 0.25) is 0 Å². The maximum Gasteiger partial charge on any atom is 0.471 e. The molecule has 2 aliphatic rings. The van der Waals surface area contributed by atoms with Crippen molar-refractivity contribution in [1.29, 1.82) is 0 Å². The van der Waals surface area contributed by atoms with Crippen molar-refractivity contribution in [2.24, 2.45) is 0 Å². The fourth-order valence-electron chi connectivity index (χ4n) is 2.30. The normalized spacial score (nSPS) is 36.6. The van der Waals surface area contributed by atoms with Gasteiger partial charge in [-0.05, 0) is 13.3 Å². The molecule has 2 bridgehead atoms. The first-order chi connectivity index (χ1) is 6.33. The average Bonchev–Trinajstić information content (AvgIpc) is 2.55. The lowest BCUT2D eigenvalue weighted by Crippen LogP contribution is -2.56. The Morgan fingerprint density at radius 2 is 2.21 bits per heavy atom. The first-order valence-corrected chi connectivity index (χ1v) is 4.45. The number of fused-ring (bicyclic) bond motifs is 2. The van der Waals surface area contributed by atoms with Crippen LogP contribution in [0.5, 0.6) is 0 Å². The standard InChI is InChI=1S/C8H11F3N2O/c1-7-2-5(12-4-7)3-13(7)6(14)8(9,10)11/h5,12H,2-4H2,1H3/t5?,7-/m1/s1. The Bertz CT molecular complexity index is 278. The van der Waals surface area contributed by atoms with Gasteiger partial charge >= 0.3 is 12.1 Å². The number of carbonyl (C=O) groups excluding carboxylic acids is 1. The highest BCUT2D eigenvalue weighted by molar-refractivity contribution is 5.83. The Morgan fingerprint density at radius 3 is 2.57 bits per heavy atom. The molecule has 2 fully saturated rings. The zero-order chi connectivity index (χ0) is 10.6. The molecule has 2 rings (SSSR count). The summed E-state index contributed by atoms with van der Waals surface area (Å²) < 4.78 is 36.6. The van der Waals surface area contributed by atoms with Gasteiger partial charge in [-0.15, -0.1) is 0 Å². The van der Waals surface area contributed by atoms with Crippen LogP contribution in [0.25, 0.3) is 0 Å². The predicted molar refractivity (Wildman–Crippen MR) is 42.6 cm³/mol. The molecule has 0 aliphatic carbocycles. The number of hydrogen-bond acceptors (Lipinski definition) is 2. The second-order valence-electron chi connectivity index (χ2n) is 4.19. The van der Waals surface area contributed by atoms with Gasteiger partial charge in [-0.25, -0.2) is 0 Å². The third-order valence-electron chi connectivity index (χ3n) is 3.00. The molecule has 0 aromatic rings. The van der Waals surface area contributed by atoms with Gasteiger partial charge in [0.15, 0.2) is 0 Å². The fourth-order valence-corrected chi connectivity index (χ4v) is 2.30. The second-order valence-corrected chi connectivity index (χ2v) is 4.19. The predicted octanol–water partition coefficient (Wildman–Crippen LogP) is 0.512. The first-order valence-electron chi connectivity index (χ1n) is 4.45. The monoisotopic (exact) mass is 208 g/mol. The summed E-state index contributed by atoms with van der Waals surface area (Å²) in [4.78, 5) is 12.0. The van der Waals surface area contributed by atoms with Gasteiger partial charge in [0.05, 0.1) is 5.54 Å². The summed E-state index contributed by atoms with van der Waals surface area (Å²) in [7, 11) is 0. The van der Waals surface area contributed by atoms with E-state index < -0.39 is 17.6 Å². The van der Waals surface area contributed by atoms with Crippen LogP contribution in [-0.2, 0) is 4.79 Å². The van der Waals surface area contributed by atoms with Gasteiger partial charge < -0.3 is 10.2 Å². The number of alkyl halides is 3. The summed E-state index contributed by atoms with van der Waals surface area (Å²) in [5, 5.41) is 3.07. The molecular formula is C8H11F3N2O. The lowest BCUT2D eigenvalue weighted by Gasteiger charge is -2.36. The van der Waals surface area contributed by atoms with Gasteiger partial charge in [0.25, 0.3) is 0 Å². The highest BCUT2D eigenvalue weighted by Gasteiger charge is 2.55. The van der Waals surface area contributed by atoms with Crippen molar-refractivity contribution in [2.75, 3.05) is 13.1 Å². The molecule has 1 unspecified atom stereocenters. The molecule has 0 aromatic heterocycles. The third kappa shape index (κ3) is 1.28. The summed E-state index contributed by atoms with van der Waals surface area (Å²) >= 11 is 0. The molecule has 2 heterocycles. The Labute approximate surface area is 79.3 Å². The molecule has 6 heteroatoms. The Morgan fingerprint density at radius 1 is 1.57 bits per heavy atom. The molecule has 2 saturated heterocycles. The van der Waals surface area contributed by atoms with Crippen LogP contribution in [0.4, 0.5) is 13.2 Å². The van der Waals surface area contributed by atoms with Crippen LogP contribution >= 0.6 is 0 Å². The van der Waals surface area contributed by atoms with Gasteiger partial charge in [-0.3, -0.25) is 4.79 Å². The van der Waals surface area contributed by atoms with E-state index in [0.29, 0.717) is 13.0 Å². The van der Waals surface area contributed by atoms with E-state index in [2.05, 4.69) is 5.32 Å². The van der Waals surface area contributed by atoms with Crippen molar-refractivity contribution < 1.29 is 18.0 Å². The van der Waals surface area contributed by atoms with E-state index >= 15 is 0 Å². The van der Waals surface area contributed by atoms with Crippen molar-refractivity contribution in [3.63, 3.8) is 0 Å². The van der Waals surface area contributed by atoms with E-state index in [0.717, 1.165) is 4.90 Å². The smallest absolute Gasteiger partial charge is 0.327 e. The molecule has 0 radical (unpaired) electrons. The molecule has 2 atom stereocenters.